The van der Waals surface area contributed by atoms with Crippen LogP contribution in [0.3, 0.4) is 0 Å². The van der Waals surface area contributed by atoms with Crippen LogP contribution >= 0.6 is 11.9 Å². The number of fused-ring (bicyclic) bond motifs is 1. The zero-order valence-electron chi connectivity index (χ0n) is 22.4. The van der Waals surface area contributed by atoms with Crippen molar-refractivity contribution >= 4 is 45.4 Å². The molecule has 11 nitrogen and oxygen atoms in total. The maximum atomic E-state index is 12.6. The molecule has 4 rings (SSSR count). The summed E-state index contributed by atoms with van der Waals surface area (Å²) in [4.78, 5) is 42.2. The molecule has 1 aromatic heterocycles. The first-order valence-corrected chi connectivity index (χ1v) is 16.0. The van der Waals surface area contributed by atoms with Crippen LogP contribution in [0, 0.1) is 5.92 Å². The van der Waals surface area contributed by atoms with Gasteiger partial charge in [0.2, 0.25) is 11.8 Å². The van der Waals surface area contributed by atoms with Crippen LogP contribution in [0.25, 0.3) is 0 Å². The molecule has 2 aliphatic rings. The number of aromatic nitrogens is 1. The van der Waals surface area contributed by atoms with E-state index < -0.39 is 33.7 Å². The monoisotopic (exact) mass is 589 g/mol. The van der Waals surface area contributed by atoms with Crippen molar-refractivity contribution in [3.05, 3.63) is 47.7 Å². The Bertz CT molecular complexity index is 1350. The fourth-order valence-corrected chi connectivity index (χ4v) is 6.35. The van der Waals surface area contributed by atoms with Gasteiger partial charge in [0.1, 0.15) is 11.9 Å². The number of rotatable bonds is 13. The highest BCUT2D eigenvalue weighted by molar-refractivity contribution is 7.97. The minimum absolute atomic E-state index is 0.193. The van der Waals surface area contributed by atoms with Crippen LogP contribution in [0.2, 0.25) is 0 Å². The Morgan fingerprint density at radius 3 is 2.75 bits per heavy atom. The van der Waals surface area contributed by atoms with Gasteiger partial charge in [-0.3, -0.25) is 9.59 Å². The molecule has 2 amide bonds. The Morgan fingerprint density at radius 1 is 1.20 bits per heavy atom. The van der Waals surface area contributed by atoms with Gasteiger partial charge in [-0.15, -0.1) is 0 Å². The lowest BCUT2D eigenvalue weighted by Gasteiger charge is -2.37. The number of carbonyl (C=O) groups is 3. The molecule has 2 aliphatic heterocycles. The number of pyridine rings is 1. The molecule has 0 spiro atoms. The zero-order chi connectivity index (χ0) is 28.7. The van der Waals surface area contributed by atoms with Gasteiger partial charge in [-0.05, 0) is 73.9 Å². The molecule has 0 bridgehead atoms. The van der Waals surface area contributed by atoms with Gasteiger partial charge in [0.25, 0.3) is 0 Å². The van der Waals surface area contributed by atoms with Crippen LogP contribution in [0.4, 0.5) is 5.82 Å². The zero-order valence-corrected chi connectivity index (χ0v) is 24.0. The molecular weight excluding hydrogens is 554 g/mol. The van der Waals surface area contributed by atoms with E-state index in [4.69, 9.17) is 0 Å². The number of amides is 2. The second-order valence-electron chi connectivity index (χ2n) is 10.1. The van der Waals surface area contributed by atoms with Crippen molar-refractivity contribution in [1.82, 2.24) is 19.9 Å². The van der Waals surface area contributed by atoms with E-state index in [0.29, 0.717) is 19.5 Å². The van der Waals surface area contributed by atoms with Crippen molar-refractivity contribution in [2.75, 3.05) is 37.8 Å². The van der Waals surface area contributed by atoms with Crippen molar-refractivity contribution in [3.63, 3.8) is 0 Å². The number of hydrogen-bond acceptors (Lipinski definition) is 9. The predicted molar refractivity (Wildman–Crippen MR) is 152 cm³/mol. The van der Waals surface area contributed by atoms with Crippen LogP contribution in [0.5, 0.6) is 0 Å². The number of carbonyl (C=O) groups excluding carboxylic acids is 2. The summed E-state index contributed by atoms with van der Waals surface area (Å²) in [7, 11) is -3.31. The minimum Gasteiger partial charge on any atom is -0.480 e. The molecule has 1 aromatic carbocycles. The molecule has 2 aromatic rings. The van der Waals surface area contributed by atoms with Crippen molar-refractivity contribution in [1.29, 1.82) is 0 Å². The van der Waals surface area contributed by atoms with E-state index in [-0.39, 0.29) is 23.8 Å². The van der Waals surface area contributed by atoms with E-state index >= 15 is 0 Å². The highest BCUT2D eigenvalue weighted by Gasteiger charge is 2.35. The molecule has 0 saturated carbocycles. The fourth-order valence-electron chi connectivity index (χ4n) is 4.48. The number of anilines is 1. The van der Waals surface area contributed by atoms with Gasteiger partial charge in [0, 0.05) is 49.4 Å². The molecule has 3 heterocycles. The third-order valence-electron chi connectivity index (χ3n) is 6.84. The Kier molecular flexibility index (Phi) is 10.0. The molecule has 1 fully saturated rings. The summed E-state index contributed by atoms with van der Waals surface area (Å²) < 4.78 is 25.4. The van der Waals surface area contributed by atoms with Crippen LogP contribution < -0.4 is 16.0 Å². The van der Waals surface area contributed by atoms with E-state index in [9.17, 15) is 27.9 Å². The summed E-state index contributed by atoms with van der Waals surface area (Å²) in [6, 6.07) is 9.48. The molecule has 13 heteroatoms. The number of nitrogens with zero attached hydrogens (tertiary/aromatic N) is 2. The first kappa shape index (κ1) is 29.8. The summed E-state index contributed by atoms with van der Waals surface area (Å²) in [6.07, 6.45) is 5.75. The lowest BCUT2D eigenvalue weighted by Crippen LogP contribution is -2.56. The third-order valence-corrected chi connectivity index (χ3v) is 8.97. The smallest absolute Gasteiger partial charge is 0.328 e. The van der Waals surface area contributed by atoms with Gasteiger partial charge in [-0.2, -0.15) is 0 Å². The number of nitrogens with one attached hydrogen (secondary N) is 3. The van der Waals surface area contributed by atoms with Crippen LogP contribution in [-0.2, 0) is 37.1 Å². The number of carboxylic acid groups (broad SMARTS) is 1. The van der Waals surface area contributed by atoms with Crippen molar-refractivity contribution in [2.45, 2.75) is 54.4 Å². The topological polar surface area (TPSA) is 158 Å². The molecule has 216 valence electrons. The number of carboxylic acids is 1. The van der Waals surface area contributed by atoms with Crippen LogP contribution in [-0.4, -0.2) is 79.1 Å². The SMILES string of the molecule is CS(=O)(=O)c1cccc(SN2CC(C(=O)NC(CNC(=O)CCCCc3ccc4c(n3)NCCC4)C(=O)O)C2)c1. The van der Waals surface area contributed by atoms with E-state index in [1.54, 1.807) is 18.2 Å². The number of benzene rings is 1. The Balaban J connectivity index is 1.14. The number of aryl methyl sites for hydroxylation is 2. The summed E-state index contributed by atoms with van der Waals surface area (Å²) in [6.45, 7) is 1.53. The first-order valence-electron chi connectivity index (χ1n) is 13.3. The quantitative estimate of drug-likeness (QED) is 0.201. The number of unbranched alkanes of at least 4 members (excludes halogenated alkanes) is 1. The van der Waals surface area contributed by atoms with Gasteiger partial charge in [-0.25, -0.2) is 22.5 Å². The van der Waals surface area contributed by atoms with Crippen molar-refractivity contribution < 1.29 is 27.9 Å². The molecule has 1 unspecified atom stereocenters. The molecule has 4 N–H and O–H groups in total. The van der Waals surface area contributed by atoms with E-state index in [0.717, 1.165) is 54.9 Å². The summed E-state index contributed by atoms with van der Waals surface area (Å²) in [5.41, 5.74) is 2.22. The van der Waals surface area contributed by atoms with Gasteiger partial charge < -0.3 is 21.1 Å². The minimum atomic E-state index is -3.31. The summed E-state index contributed by atoms with van der Waals surface area (Å²) >= 11 is 1.34. The number of sulfone groups is 1. The van der Waals surface area contributed by atoms with Crippen LogP contribution in [0.15, 0.2) is 46.2 Å². The van der Waals surface area contributed by atoms with Crippen molar-refractivity contribution in [2.24, 2.45) is 5.92 Å². The normalized spacial score (nSPS) is 16.2. The molecule has 0 radical (unpaired) electrons. The molecule has 1 saturated heterocycles. The molecular formula is C27H35N5O6S2. The van der Waals surface area contributed by atoms with Gasteiger partial charge >= 0.3 is 5.97 Å². The summed E-state index contributed by atoms with van der Waals surface area (Å²) in [5, 5.41) is 18.0. The van der Waals surface area contributed by atoms with Gasteiger partial charge in [0.15, 0.2) is 9.84 Å². The van der Waals surface area contributed by atoms with Gasteiger partial charge in [0.05, 0.1) is 10.8 Å². The maximum Gasteiger partial charge on any atom is 0.328 e. The highest BCUT2D eigenvalue weighted by Crippen LogP contribution is 2.31. The van der Waals surface area contributed by atoms with Crippen LogP contribution in [0.1, 0.15) is 36.9 Å². The second kappa shape index (κ2) is 13.5. The lowest BCUT2D eigenvalue weighted by molar-refractivity contribution is -0.143. The number of aliphatic carboxylic acids is 1. The Labute approximate surface area is 238 Å². The van der Waals surface area contributed by atoms with E-state index in [1.807, 2.05) is 10.4 Å². The van der Waals surface area contributed by atoms with E-state index in [1.165, 1.54) is 23.6 Å². The van der Waals surface area contributed by atoms with E-state index in [2.05, 4.69) is 27.0 Å². The molecule has 0 aliphatic carbocycles. The van der Waals surface area contributed by atoms with Gasteiger partial charge in [-0.1, -0.05) is 12.1 Å². The lowest BCUT2D eigenvalue weighted by atomic mass is 10.0. The fraction of sp³-hybridized carbons (Fsp3) is 0.481. The Morgan fingerprint density at radius 2 is 2.00 bits per heavy atom. The van der Waals surface area contributed by atoms with Crippen molar-refractivity contribution in [3.8, 4) is 0 Å². The molecule has 40 heavy (non-hydrogen) atoms. The maximum absolute atomic E-state index is 12.6. The third kappa shape index (κ3) is 8.42. The first-order chi connectivity index (χ1) is 19.1. The highest BCUT2D eigenvalue weighted by atomic mass is 32.2. The standard InChI is InChI=1S/C27H35N5O6S2/c1-40(37,38)22-9-4-8-21(14-22)39-32-16-19(17-32)26(34)31-23(27(35)36)15-29-24(33)10-3-2-7-20-12-11-18-6-5-13-28-25(18)30-20/h4,8-9,11-12,14,19,23H,2-3,5-7,10,13,15-17H2,1H3,(H,28,30)(H,29,33)(H,31,34)(H,35,36). The summed E-state index contributed by atoms with van der Waals surface area (Å²) in [5.74, 6) is -1.31. The molecule has 1 atom stereocenters. The average Bonchev–Trinajstić information content (AvgIpc) is 2.90. The second-order valence-corrected chi connectivity index (χ2v) is 13.3. The average molecular weight is 590 g/mol. The predicted octanol–water partition coefficient (Wildman–Crippen LogP) is 1.88. The number of hydrogen-bond donors (Lipinski definition) is 4. The Hall–Kier alpha value is -3.16. The largest absolute Gasteiger partial charge is 0.480 e.